The normalized spacial score (nSPS) is 14.3. The lowest BCUT2D eigenvalue weighted by atomic mass is 9.93. The predicted octanol–water partition coefficient (Wildman–Crippen LogP) is 6.14. The van der Waals surface area contributed by atoms with E-state index in [9.17, 15) is 22.8 Å². The molecule has 7 nitrogen and oxygen atoms in total. The topological polar surface area (TPSA) is 95.7 Å². The fourth-order valence-corrected chi connectivity index (χ4v) is 4.30. The first-order valence-electron chi connectivity index (χ1n) is 10.7. The third kappa shape index (κ3) is 5.50. The van der Waals surface area contributed by atoms with Crippen LogP contribution in [0.15, 0.2) is 52.0 Å². The van der Waals surface area contributed by atoms with Gasteiger partial charge in [-0.05, 0) is 56.2 Å². The lowest BCUT2D eigenvalue weighted by molar-refractivity contribution is -0.137. The Hall–Kier alpha value is -3.50. The quantitative estimate of drug-likeness (QED) is 0.347. The van der Waals surface area contributed by atoms with Gasteiger partial charge >= 0.3 is 12.1 Å². The standard InChI is InChI=1S/C24H19Cl2F3N4O3/c1-12-20-18(31-30-15-5-2-4-13(10-15)24(27,28)29)6-3-7-19(20)36-21(12)23(35)33-32-22(34)16-9-8-14(25)11-17(16)26/h2,4-5,8-11,30H,3,6-7H2,1H3,(H,32,34)(H,33,35)/b31-18+. The van der Waals surface area contributed by atoms with Crippen LogP contribution >= 0.6 is 23.2 Å². The maximum Gasteiger partial charge on any atom is 0.416 e. The number of benzene rings is 2. The number of alkyl halides is 3. The number of hydrogen-bond acceptors (Lipinski definition) is 5. The molecule has 36 heavy (non-hydrogen) atoms. The van der Waals surface area contributed by atoms with E-state index in [0.717, 1.165) is 12.1 Å². The minimum Gasteiger partial charge on any atom is -0.455 e. The van der Waals surface area contributed by atoms with Crippen LogP contribution in [0.5, 0.6) is 0 Å². The summed E-state index contributed by atoms with van der Waals surface area (Å²) in [5.74, 6) is -0.825. The van der Waals surface area contributed by atoms with Crippen LogP contribution in [-0.2, 0) is 12.6 Å². The molecule has 0 bridgehead atoms. The van der Waals surface area contributed by atoms with Crippen molar-refractivity contribution in [1.29, 1.82) is 0 Å². The van der Waals surface area contributed by atoms with Crippen molar-refractivity contribution >= 4 is 46.4 Å². The number of halogens is 5. The van der Waals surface area contributed by atoms with E-state index in [-0.39, 0.29) is 22.0 Å². The number of anilines is 1. The molecule has 0 saturated carbocycles. The largest absolute Gasteiger partial charge is 0.455 e. The van der Waals surface area contributed by atoms with E-state index in [1.54, 1.807) is 6.92 Å². The molecule has 4 rings (SSSR count). The molecule has 3 N–H and O–H groups in total. The third-order valence-electron chi connectivity index (χ3n) is 5.51. The minimum absolute atomic E-state index is 0.0174. The molecule has 0 aliphatic heterocycles. The van der Waals surface area contributed by atoms with Gasteiger partial charge in [-0.3, -0.25) is 25.9 Å². The molecule has 0 unspecified atom stereocenters. The number of carbonyl (C=O) groups is 2. The highest BCUT2D eigenvalue weighted by Crippen LogP contribution is 2.32. The van der Waals surface area contributed by atoms with Crippen LogP contribution in [0.4, 0.5) is 18.9 Å². The van der Waals surface area contributed by atoms with Crippen molar-refractivity contribution in [3.63, 3.8) is 0 Å². The van der Waals surface area contributed by atoms with Gasteiger partial charge in [-0.15, -0.1) is 0 Å². The molecule has 1 aliphatic carbocycles. The molecule has 12 heteroatoms. The van der Waals surface area contributed by atoms with Crippen molar-refractivity contribution < 1.29 is 27.2 Å². The summed E-state index contributed by atoms with van der Waals surface area (Å²) in [6, 6.07) is 9.01. The van der Waals surface area contributed by atoms with Crippen LogP contribution in [0, 0.1) is 6.92 Å². The van der Waals surface area contributed by atoms with E-state index in [4.69, 9.17) is 27.6 Å². The van der Waals surface area contributed by atoms with Gasteiger partial charge in [0, 0.05) is 22.6 Å². The lowest BCUT2D eigenvalue weighted by Crippen LogP contribution is -2.41. The number of nitrogens with one attached hydrogen (secondary N) is 3. The molecular weight excluding hydrogens is 520 g/mol. The Morgan fingerprint density at radius 1 is 1.03 bits per heavy atom. The molecule has 1 aromatic heterocycles. The Labute approximate surface area is 213 Å². The number of carbonyl (C=O) groups excluding carboxylic acids is 2. The van der Waals surface area contributed by atoms with Gasteiger partial charge in [0.15, 0.2) is 5.76 Å². The van der Waals surface area contributed by atoms with Gasteiger partial charge in [-0.25, -0.2) is 0 Å². The molecule has 2 amide bonds. The monoisotopic (exact) mass is 538 g/mol. The van der Waals surface area contributed by atoms with E-state index in [1.807, 2.05) is 0 Å². The summed E-state index contributed by atoms with van der Waals surface area (Å²) in [6.07, 6.45) is -2.71. The maximum absolute atomic E-state index is 13.0. The van der Waals surface area contributed by atoms with Gasteiger partial charge in [0.2, 0.25) is 0 Å². The van der Waals surface area contributed by atoms with E-state index in [2.05, 4.69) is 21.4 Å². The SMILES string of the molecule is Cc1c(C(=O)NNC(=O)c2ccc(Cl)cc2Cl)oc2c1/C(=N/Nc1cccc(C(F)(F)F)c1)CCC2. The lowest BCUT2D eigenvalue weighted by Gasteiger charge is -2.14. The number of hydrogen-bond donors (Lipinski definition) is 3. The summed E-state index contributed by atoms with van der Waals surface area (Å²) in [7, 11) is 0. The van der Waals surface area contributed by atoms with Crippen molar-refractivity contribution in [3.05, 3.63) is 86.3 Å². The Bertz CT molecular complexity index is 1370. The average Bonchev–Trinajstić information content (AvgIpc) is 3.18. The molecule has 2 aromatic carbocycles. The fourth-order valence-electron chi connectivity index (χ4n) is 3.81. The summed E-state index contributed by atoms with van der Waals surface area (Å²) in [4.78, 5) is 25.1. The van der Waals surface area contributed by atoms with Crippen LogP contribution in [0.3, 0.4) is 0 Å². The zero-order valence-electron chi connectivity index (χ0n) is 18.7. The summed E-state index contributed by atoms with van der Waals surface area (Å²) in [5, 5.41) is 4.77. The Kier molecular flexibility index (Phi) is 7.28. The summed E-state index contributed by atoms with van der Waals surface area (Å²) in [6.45, 7) is 1.67. The summed E-state index contributed by atoms with van der Waals surface area (Å²) < 4.78 is 44.7. The summed E-state index contributed by atoms with van der Waals surface area (Å²) >= 11 is 11.9. The molecule has 1 aliphatic rings. The molecule has 0 radical (unpaired) electrons. The van der Waals surface area contributed by atoms with Crippen molar-refractivity contribution in [2.45, 2.75) is 32.4 Å². The zero-order chi connectivity index (χ0) is 26.0. The number of furan rings is 1. The van der Waals surface area contributed by atoms with Crippen molar-refractivity contribution in [3.8, 4) is 0 Å². The van der Waals surface area contributed by atoms with Crippen molar-refractivity contribution in [1.82, 2.24) is 10.9 Å². The number of hydrazine groups is 1. The van der Waals surface area contributed by atoms with Crippen LogP contribution in [0.1, 0.15) is 56.2 Å². The molecule has 0 spiro atoms. The number of fused-ring (bicyclic) bond motifs is 1. The highest BCUT2D eigenvalue weighted by Gasteiger charge is 2.31. The van der Waals surface area contributed by atoms with Gasteiger partial charge in [-0.1, -0.05) is 29.3 Å². The first-order valence-corrected chi connectivity index (χ1v) is 11.5. The average molecular weight is 539 g/mol. The van der Waals surface area contributed by atoms with Gasteiger partial charge in [-0.2, -0.15) is 18.3 Å². The first kappa shape index (κ1) is 25.6. The van der Waals surface area contributed by atoms with Gasteiger partial charge in [0.1, 0.15) is 5.76 Å². The third-order valence-corrected chi connectivity index (χ3v) is 6.05. The molecular formula is C24H19Cl2F3N4O3. The second kappa shape index (κ2) is 10.2. The highest BCUT2D eigenvalue weighted by atomic mass is 35.5. The number of rotatable bonds is 4. The van der Waals surface area contributed by atoms with Crippen LogP contribution in [-0.4, -0.2) is 17.5 Å². The van der Waals surface area contributed by atoms with E-state index >= 15 is 0 Å². The van der Waals surface area contributed by atoms with Gasteiger partial charge in [0.25, 0.3) is 5.91 Å². The van der Waals surface area contributed by atoms with Gasteiger partial charge in [0.05, 0.1) is 27.5 Å². The van der Waals surface area contributed by atoms with Crippen LogP contribution in [0.2, 0.25) is 10.0 Å². The minimum atomic E-state index is -4.47. The maximum atomic E-state index is 13.0. The fraction of sp³-hybridized carbons (Fsp3) is 0.208. The molecule has 188 valence electrons. The Morgan fingerprint density at radius 2 is 1.78 bits per heavy atom. The number of hydrazone groups is 1. The molecule has 0 fully saturated rings. The van der Waals surface area contributed by atoms with Crippen molar-refractivity contribution in [2.24, 2.45) is 5.10 Å². The van der Waals surface area contributed by atoms with Crippen LogP contribution in [0.25, 0.3) is 0 Å². The Balaban J connectivity index is 1.50. The number of aryl methyl sites for hydroxylation is 1. The predicted molar refractivity (Wildman–Crippen MR) is 129 cm³/mol. The highest BCUT2D eigenvalue weighted by molar-refractivity contribution is 6.36. The van der Waals surface area contributed by atoms with Crippen LogP contribution < -0.4 is 16.3 Å². The smallest absolute Gasteiger partial charge is 0.416 e. The second-order valence-corrected chi connectivity index (χ2v) is 8.83. The van der Waals surface area contributed by atoms with Gasteiger partial charge < -0.3 is 4.42 Å². The number of amides is 2. The first-order chi connectivity index (χ1) is 17.0. The molecule has 0 atom stereocenters. The van der Waals surface area contributed by atoms with Crippen molar-refractivity contribution in [2.75, 3.05) is 5.43 Å². The number of nitrogens with zero attached hydrogens (tertiary/aromatic N) is 1. The zero-order valence-corrected chi connectivity index (χ0v) is 20.2. The van der Waals surface area contributed by atoms with E-state index < -0.39 is 23.6 Å². The van der Waals surface area contributed by atoms with E-state index in [0.29, 0.717) is 46.9 Å². The second-order valence-electron chi connectivity index (χ2n) is 7.99. The Morgan fingerprint density at radius 3 is 2.50 bits per heavy atom. The molecule has 0 saturated heterocycles. The molecule has 1 heterocycles. The molecule has 3 aromatic rings. The summed E-state index contributed by atoms with van der Waals surface area (Å²) in [5.41, 5.74) is 8.39. The van der Waals surface area contributed by atoms with E-state index in [1.165, 1.54) is 30.3 Å².